The van der Waals surface area contributed by atoms with Gasteiger partial charge in [-0.3, -0.25) is 5.32 Å². The van der Waals surface area contributed by atoms with Crippen molar-refractivity contribution >= 4 is 28.4 Å². The molecule has 0 bridgehead atoms. The number of rotatable bonds is 4. The van der Waals surface area contributed by atoms with Gasteiger partial charge < -0.3 is 16.8 Å². The highest BCUT2D eigenvalue weighted by Gasteiger charge is 2.10. The summed E-state index contributed by atoms with van der Waals surface area (Å²) < 4.78 is 0. The molecule has 2 amide bonds. The number of amides is 2. The van der Waals surface area contributed by atoms with Crippen molar-refractivity contribution in [1.82, 2.24) is 15.3 Å². The van der Waals surface area contributed by atoms with Crippen LogP contribution in [0.3, 0.4) is 0 Å². The van der Waals surface area contributed by atoms with E-state index in [0.717, 1.165) is 27.5 Å². The summed E-state index contributed by atoms with van der Waals surface area (Å²) in [4.78, 5) is 20.2. The van der Waals surface area contributed by atoms with E-state index in [1.165, 1.54) is 0 Å². The molecule has 25 heavy (non-hydrogen) atoms. The Morgan fingerprint density at radius 1 is 1.12 bits per heavy atom. The molecule has 2 aromatic heterocycles. The van der Waals surface area contributed by atoms with Gasteiger partial charge in [0.2, 0.25) is 0 Å². The van der Waals surface area contributed by atoms with Crippen LogP contribution in [-0.4, -0.2) is 22.5 Å². The number of carbonyl (C=O) groups excluding carboxylic acids is 1. The first-order chi connectivity index (χ1) is 12.1. The Morgan fingerprint density at radius 3 is 2.64 bits per heavy atom. The fourth-order valence-corrected chi connectivity index (χ4v) is 2.68. The molecule has 7 nitrogen and oxygen atoms in total. The van der Waals surface area contributed by atoms with E-state index < -0.39 is 0 Å². The summed E-state index contributed by atoms with van der Waals surface area (Å²) in [6.07, 6.45) is 3.46. The first-order valence-electron chi connectivity index (χ1n) is 8.00. The van der Waals surface area contributed by atoms with Gasteiger partial charge >= 0.3 is 6.03 Å². The number of hydrogen-bond acceptors (Lipinski definition) is 5. The summed E-state index contributed by atoms with van der Waals surface area (Å²) in [5, 5.41) is 7.30. The van der Waals surface area contributed by atoms with E-state index in [4.69, 9.17) is 11.5 Å². The molecule has 0 fully saturated rings. The lowest BCUT2D eigenvalue weighted by molar-refractivity contribution is 0.252. The van der Waals surface area contributed by atoms with Gasteiger partial charge in [0.1, 0.15) is 11.6 Å². The molecule has 1 aromatic carbocycles. The van der Waals surface area contributed by atoms with Crippen molar-refractivity contribution in [3.8, 4) is 11.1 Å². The van der Waals surface area contributed by atoms with Gasteiger partial charge in [-0.15, -0.1) is 0 Å². The second-order valence-electron chi connectivity index (χ2n) is 5.55. The van der Waals surface area contributed by atoms with Crippen molar-refractivity contribution in [1.29, 1.82) is 0 Å². The minimum atomic E-state index is -0.292. The highest BCUT2D eigenvalue weighted by atomic mass is 16.2. The van der Waals surface area contributed by atoms with Crippen LogP contribution >= 0.6 is 0 Å². The number of aromatic nitrogens is 2. The molecule has 0 aliphatic rings. The third kappa shape index (κ3) is 3.51. The largest absolute Gasteiger partial charge is 0.384 e. The number of carbonyl (C=O) groups is 1. The normalized spacial score (nSPS) is 10.6. The molecule has 0 atom stereocenters. The highest BCUT2D eigenvalue weighted by Crippen LogP contribution is 2.31. The van der Waals surface area contributed by atoms with Crippen LogP contribution in [0.15, 0.2) is 42.7 Å². The van der Waals surface area contributed by atoms with E-state index in [-0.39, 0.29) is 6.03 Å². The van der Waals surface area contributed by atoms with E-state index >= 15 is 0 Å². The first kappa shape index (κ1) is 16.7. The number of hydrogen-bond donors (Lipinski definition) is 4. The number of nitrogen functional groups attached to an aromatic ring is 1. The van der Waals surface area contributed by atoms with E-state index in [9.17, 15) is 4.79 Å². The zero-order valence-electron chi connectivity index (χ0n) is 13.9. The van der Waals surface area contributed by atoms with Crippen LogP contribution in [0, 0.1) is 0 Å². The Hall–Kier alpha value is -3.19. The molecule has 0 spiro atoms. The predicted molar refractivity (Wildman–Crippen MR) is 100.0 cm³/mol. The number of pyridine rings is 2. The van der Waals surface area contributed by atoms with Crippen LogP contribution in [0.1, 0.15) is 12.5 Å². The Kier molecular flexibility index (Phi) is 4.76. The third-order valence-corrected chi connectivity index (χ3v) is 3.89. The van der Waals surface area contributed by atoms with Crippen molar-refractivity contribution in [2.75, 3.05) is 17.6 Å². The number of nitrogens with one attached hydrogen (secondary N) is 2. The number of anilines is 2. The molecule has 128 valence electrons. The van der Waals surface area contributed by atoms with Gasteiger partial charge in [-0.25, -0.2) is 14.8 Å². The second kappa shape index (κ2) is 7.14. The Morgan fingerprint density at radius 2 is 1.96 bits per heavy atom. The number of benzene rings is 1. The van der Waals surface area contributed by atoms with Gasteiger partial charge in [0.05, 0.1) is 0 Å². The quantitative estimate of drug-likeness (QED) is 0.583. The van der Waals surface area contributed by atoms with Crippen molar-refractivity contribution in [3.05, 3.63) is 48.3 Å². The lowest BCUT2D eigenvalue weighted by Crippen LogP contribution is -2.28. The minimum absolute atomic E-state index is 0.292. The average molecular weight is 336 g/mol. The zero-order chi connectivity index (χ0) is 17.8. The van der Waals surface area contributed by atoms with E-state index in [0.29, 0.717) is 24.7 Å². The second-order valence-corrected chi connectivity index (χ2v) is 5.55. The van der Waals surface area contributed by atoms with Crippen LogP contribution in [0.5, 0.6) is 0 Å². The highest BCUT2D eigenvalue weighted by molar-refractivity contribution is 6.00. The lowest BCUT2D eigenvalue weighted by Gasteiger charge is -2.12. The molecule has 0 aliphatic carbocycles. The van der Waals surface area contributed by atoms with Crippen molar-refractivity contribution in [3.63, 3.8) is 0 Å². The maximum atomic E-state index is 11.8. The first-order valence-corrected chi connectivity index (χ1v) is 8.00. The maximum absolute atomic E-state index is 11.8. The number of fused-ring (bicyclic) bond motifs is 1. The van der Waals surface area contributed by atoms with Gasteiger partial charge in [0.15, 0.2) is 0 Å². The van der Waals surface area contributed by atoms with Crippen LogP contribution in [0.25, 0.3) is 21.9 Å². The Labute approximate surface area is 145 Å². The molecule has 0 radical (unpaired) electrons. The fourth-order valence-electron chi connectivity index (χ4n) is 2.68. The van der Waals surface area contributed by atoms with Crippen LogP contribution < -0.4 is 22.1 Å². The SMILES string of the molecule is CCNC(=O)Nc1cc2c(-c3ccc(N)nc3)ccc(CN)c2cn1. The molecule has 0 saturated carbocycles. The third-order valence-electron chi connectivity index (χ3n) is 3.89. The van der Waals surface area contributed by atoms with Gasteiger partial charge in [-0.05, 0) is 41.6 Å². The van der Waals surface area contributed by atoms with E-state index in [1.54, 1.807) is 18.5 Å². The smallest absolute Gasteiger partial charge is 0.320 e. The maximum Gasteiger partial charge on any atom is 0.320 e. The van der Waals surface area contributed by atoms with Crippen LogP contribution in [0.4, 0.5) is 16.4 Å². The Bertz CT molecular complexity index is 907. The van der Waals surface area contributed by atoms with Gasteiger partial charge in [-0.2, -0.15) is 0 Å². The number of nitrogens with two attached hydrogens (primary N) is 2. The van der Waals surface area contributed by atoms with Crippen LogP contribution in [-0.2, 0) is 6.54 Å². The monoisotopic (exact) mass is 336 g/mol. The number of urea groups is 1. The summed E-state index contributed by atoms with van der Waals surface area (Å²) in [5.41, 5.74) is 14.4. The molecule has 0 aliphatic heterocycles. The standard InChI is InChI=1S/C18H20N6O/c1-2-21-18(25)24-17-7-14-13(12-4-6-16(20)22-9-12)5-3-11(8-19)15(14)10-23-17/h3-7,9-10H,2,8,19H2,1H3,(H2,20,22)(H2,21,23,24,25). The summed E-state index contributed by atoms with van der Waals surface area (Å²) >= 11 is 0. The summed E-state index contributed by atoms with van der Waals surface area (Å²) in [6, 6.07) is 9.19. The molecule has 6 N–H and O–H groups in total. The van der Waals surface area contributed by atoms with E-state index in [1.807, 2.05) is 31.2 Å². The van der Waals surface area contributed by atoms with Crippen LogP contribution in [0.2, 0.25) is 0 Å². The molecule has 0 saturated heterocycles. The minimum Gasteiger partial charge on any atom is -0.384 e. The molecule has 7 heteroatoms. The predicted octanol–water partition coefficient (Wildman–Crippen LogP) is 2.48. The van der Waals surface area contributed by atoms with E-state index in [2.05, 4.69) is 20.6 Å². The average Bonchev–Trinajstić information content (AvgIpc) is 2.61. The van der Waals surface area contributed by atoms with Crippen molar-refractivity contribution < 1.29 is 4.79 Å². The number of nitrogens with zero attached hydrogens (tertiary/aromatic N) is 2. The van der Waals surface area contributed by atoms with Gasteiger partial charge in [-0.1, -0.05) is 12.1 Å². The summed E-state index contributed by atoms with van der Waals surface area (Å²) in [6.45, 7) is 2.80. The molecule has 3 aromatic rings. The van der Waals surface area contributed by atoms with Gasteiger partial charge in [0, 0.05) is 36.4 Å². The summed E-state index contributed by atoms with van der Waals surface area (Å²) in [7, 11) is 0. The molecular formula is C18H20N6O. The summed E-state index contributed by atoms with van der Waals surface area (Å²) in [5.74, 6) is 0.934. The fraction of sp³-hybridized carbons (Fsp3) is 0.167. The van der Waals surface area contributed by atoms with Crippen molar-refractivity contribution in [2.24, 2.45) is 5.73 Å². The molecule has 0 unspecified atom stereocenters. The molecule has 2 heterocycles. The lowest BCUT2D eigenvalue weighted by atomic mass is 9.97. The Balaban J connectivity index is 2.12. The van der Waals surface area contributed by atoms with Gasteiger partial charge in [0.25, 0.3) is 0 Å². The van der Waals surface area contributed by atoms with Crippen molar-refractivity contribution in [2.45, 2.75) is 13.5 Å². The zero-order valence-corrected chi connectivity index (χ0v) is 13.9. The molecule has 3 rings (SSSR count). The topological polar surface area (TPSA) is 119 Å². The molecular weight excluding hydrogens is 316 g/mol.